The number of hydrogen-bond acceptors (Lipinski definition) is 6. The molecule has 160 valence electrons. The molecule has 0 saturated carbocycles. The van der Waals surface area contributed by atoms with E-state index < -0.39 is 9.84 Å². The van der Waals surface area contributed by atoms with Crippen LogP contribution in [0.3, 0.4) is 0 Å². The second kappa shape index (κ2) is 7.90. The molecular weight excluding hydrogens is 432 g/mol. The number of aromatic nitrogens is 3. The monoisotopic (exact) mass is 454 g/mol. The van der Waals surface area contributed by atoms with Crippen LogP contribution in [0.1, 0.15) is 16.7 Å². The van der Waals surface area contributed by atoms with Gasteiger partial charge in [-0.05, 0) is 55.7 Å². The maximum absolute atomic E-state index is 12.7. The van der Waals surface area contributed by atoms with E-state index in [4.69, 9.17) is 0 Å². The molecule has 0 unspecified atom stereocenters. The standard InChI is InChI=1S/C22H22N4O3S2/c1-13-9-15(3)16(10-14(13)2)18-12-30-21(23-18)25-20(27)11-26-19-8-6-5-7-17(19)24-22(26)31(4,28)29/h5-10,12H,11H2,1-4H3,(H,23,25,27). The predicted molar refractivity (Wildman–Crippen MR) is 123 cm³/mol. The highest BCUT2D eigenvalue weighted by atomic mass is 32.2. The number of benzene rings is 2. The van der Waals surface area contributed by atoms with Crippen LogP contribution >= 0.6 is 11.3 Å². The van der Waals surface area contributed by atoms with Crippen molar-refractivity contribution in [3.63, 3.8) is 0 Å². The molecule has 0 spiro atoms. The van der Waals surface area contributed by atoms with Crippen molar-refractivity contribution >= 4 is 43.2 Å². The summed E-state index contributed by atoms with van der Waals surface area (Å²) in [5, 5.41) is 5.02. The Hall–Kier alpha value is -3.04. The van der Waals surface area contributed by atoms with Gasteiger partial charge in [-0.15, -0.1) is 11.3 Å². The van der Waals surface area contributed by atoms with E-state index in [1.54, 1.807) is 24.3 Å². The Balaban J connectivity index is 1.59. The Morgan fingerprint density at radius 2 is 1.77 bits per heavy atom. The smallest absolute Gasteiger partial charge is 0.246 e. The molecule has 0 radical (unpaired) electrons. The van der Waals surface area contributed by atoms with Gasteiger partial charge in [0.2, 0.25) is 20.9 Å². The molecule has 2 heterocycles. The Morgan fingerprint density at radius 1 is 1.06 bits per heavy atom. The van der Waals surface area contributed by atoms with Crippen molar-refractivity contribution in [2.24, 2.45) is 0 Å². The Morgan fingerprint density at radius 3 is 2.52 bits per heavy atom. The SMILES string of the molecule is Cc1cc(C)c(-c2csc(NC(=O)Cn3c(S(C)(=O)=O)nc4ccccc43)n2)cc1C. The number of rotatable bonds is 5. The van der Waals surface area contributed by atoms with Crippen LogP contribution in [-0.4, -0.2) is 35.1 Å². The van der Waals surface area contributed by atoms with Gasteiger partial charge in [0.15, 0.2) is 5.13 Å². The third kappa shape index (κ3) is 4.24. The topological polar surface area (TPSA) is 94.0 Å². The molecule has 4 aromatic rings. The molecule has 1 amide bonds. The van der Waals surface area contributed by atoms with Gasteiger partial charge >= 0.3 is 0 Å². The van der Waals surface area contributed by atoms with Crippen molar-refractivity contribution < 1.29 is 13.2 Å². The van der Waals surface area contributed by atoms with Gasteiger partial charge in [0.25, 0.3) is 0 Å². The predicted octanol–water partition coefficient (Wildman–Crippen LogP) is 4.13. The Bertz CT molecular complexity index is 1420. The second-order valence-electron chi connectivity index (χ2n) is 7.58. The highest BCUT2D eigenvalue weighted by Gasteiger charge is 2.21. The summed E-state index contributed by atoms with van der Waals surface area (Å²) in [6, 6.07) is 11.2. The number of carbonyl (C=O) groups is 1. The molecule has 0 saturated heterocycles. The van der Waals surface area contributed by atoms with E-state index in [1.165, 1.54) is 27.0 Å². The molecule has 0 atom stereocenters. The van der Waals surface area contributed by atoms with Crippen LogP contribution in [-0.2, 0) is 21.2 Å². The largest absolute Gasteiger partial charge is 0.305 e. The number of amides is 1. The molecule has 31 heavy (non-hydrogen) atoms. The van der Waals surface area contributed by atoms with Gasteiger partial charge in [-0.2, -0.15) is 0 Å². The summed E-state index contributed by atoms with van der Waals surface area (Å²) in [6.45, 7) is 5.99. The molecule has 7 nitrogen and oxygen atoms in total. The summed E-state index contributed by atoms with van der Waals surface area (Å²) >= 11 is 1.33. The molecule has 4 rings (SSSR count). The van der Waals surface area contributed by atoms with E-state index in [0.29, 0.717) is 16.2 Å². The Labute approximate surface area is 184 Å². The van der Waals surface area contributed by atoms with Gasteiger partial charge in [-0.3, -0.25) is 4.79 Å². The van der Waals surface area contributed by atoms with Gasteiger partial charge in [-0.25, -0.2) is 18.4 Å². The minimum absolute atomic E-state index is 0.130. The number of nitrogens with one attached hydrogen (secondary N) is 1. The van der Waals surface area contributed by atoms with Crippen LogP contribution in [0.2, 0.25) is 0 Å². The van der Waals surface area contributed by atoms with E-state index >= 15 is 0 Å². The van der Waals surface area contributed by atoms with Crippen LogP contribution in [0.4, 0.5) is 5.13 Å². The molecule has 0 aliphatic rings. The molecule has 0 aliphatic heterocycles. The maximum atomic E-state index is 12.7. The van der Waals surface area contributed by atoms with Crippen molar-refractivity contribution in [3.8, 4) is 11.3 Å². The van der Waals surface area contributed by atoms with Gasteiger partial charge in [0, 0.05) is 17.2 Å². The van der Waals surface area contributed by atoms with Gasteiger partial charge in [-0.1, -0.05) is 18.2 Å². The first-order valence-corrected chi connectivity index (χ1v) is 12.4. The highest BCUT2D eigenvalue weighted by Crippen LogP contribution is 2.29. The average molecular weight is 455 g/mol. The van der Waals surface area contributed by atoms with E-state index in [-0.39, 0.29) is 17.6 Å². The molecule has 9 heteroatoms. The number of imidazole rings is 1. The van der Waals surface area contributed by atoms with E-state index in [9.17, 15) is 13.2 Å². The lowest BCUT2D eigenvalue weighted by Crippen LogP contribution is -2.21. The zero-order chi connectivity index (χ0) is 22.3. The highest BCUT2D eigenvalue weighted by molar-refractivity contribution is 7.90. The lowest BCUT2D eigenvalue weighted by molar-refractivity contribution is -0.116. The van der Waals surface area contributed by atoms with Crippen molar-refractivity contribution in [1.29, 1.82) is 0 Å². The number of para-hydroxylation sites is 2. The number of anilines is 1. The number of carbonyl (C=O) groups excluding carboxylic acids is 1. The third-order valence-electron chi connectivity index (χ3n) is 5.12. The number of sulfone groups is 1. The first kappa shape index (κ1) is 21.2. The average Bonchev–Trinajstić information content (AvgIpc) is 3.29. The summed E-state index contributed by atoms with van der Waals surface area (Å²) in [5.41, 5.74) is 6.46. The quantitative estimate of drug-likeness (QED) is 0.489. The zero-order valence-corrected chi connectivity index (χ0v) is 19.3. The molecule has 0 aliphatic carbocycles. The number of hydrogen-bond donors (Lipinski definition) is 1. The maximum Gasteiger partial charge on any atom is 0.246 e. The first-order valence-electron chi connectivity index (χ1n) is 9.62. The fraction of sp³-hybridized carbons (Fsp3) is 0.227. The van der Waals surface area contributed by atoms with Gasteiger partial charge in [0.1, 0.15) is 6.54 Å². The first-order chi connectivity index (χ1) is 14.6. The normalized spacial score (nSPS) is 11.7. The zero-order valence-electron chi connectivity index (χ0n) is 17.6. The summed E-state index contributed by atoms with van der Waals surface area (Å²) in [4.78, 5) is 21.5. The van der Waals surface area contributed by atoms with Crippen molar-refractivity contribution in [3.05, 3.63) is 58.5 Å². The summed E-state index contributed by atoms with van der Waals surface area (Å²) in [6.07, 6.45) is 1.08. The van der Waals surface area contributed by atoms with Crippen molar-refractivity contribution in [2.45, 2.75) is 32.5 Å². The van der Waals surface area contributed by atoms with Crippen LogP contribution in [0.5, 0.6) is 0 Å². The fourth-order valence-corrected chi connectivity index (χ4v) is 5.04. The fourth-order valence-electron chi connectivity index (χ4n) is 3.48. The van der Waals surface area contributed by atoms with Crippen LogP contribution in [0.15, 0.2) is 46.9 Å². The van der Waals surface area contributed by atoms with Gasteiger partial charge < -0.3 is 9.88 Å². The molecule has 0 fully saturated rings. The van der Waals surface area contributed by atoms with Crippen molar-refractivity contribution in [2.75, 3.05) is 11.6 Å². The summed E-state index contributed by atoms with van der Waals surface area (Å²) < 4.78 is 25.8. The lowest BCUT2D eigenvalue weighted by atomic mass is 9.99. The van der Waals surface area contributed by atoms with Crippen LogP contribution < -0.4 is 5.32 Å². The number of aryl methyl sites for hydroxylation is 3. The molecule has 0 bridgehead atoms. The van der Waals surface area contributed by atoms with Gasteiger partial charge in [0.05, 0.1) is 16.7 Å². The minimum Gasteiger partial charge on any atom is -0.305 e. The van der Waals surface area contributed by atoms with E-state index in [2.05, 4.69) is 41.3 Å². The van der Waals surface area contributed by atoms with Crippen molar-refractivity contribution in [1.82, 2.24) is 14.5 Å². The number of fused-ring (bicyclic) bond motifs is 1. The molecular formula is C22H22N4O3S2. The minimum atomic E-state index is -3.60. The third-order valence-corrected chi connectivity index (χ3v) is 6.85. The lowest BCUT2D eigenvalue weighted by Gasteiger charge is -2.08. The number of thiazole rings is 1. The van der Waals surface area contributed by atoms with Crippen LogP contribution in [0.25, 0.3) is 22.3 Å². The van der Waals surface area contributed by atoms with Crippen LogP contribution in [0, 0.1) is 20.8 Å². The molecule has 2 aromatic carbocycles. The summed E-state index contributed by atoms with van der Waals surface area (Å²) in [7, 11) is -3.60. The van der Waals surface area contributed by atoms with E-state index in [1.807, 2.05) is 12.3 Å². The molecule has 2 aromatic heterocycles. The van der Waals surface area contributed by atoms with E-state index in [0.717, 1.165) is 23.1 Å². The number of nitrogens with zero attached hydrogens (tertiary/aromatic N) is 3. The molecule has 1 N–H and O–H groups in total. The Kier molecular flexibility index (Phi) is 5.40. The second-order valence-corrected chi connectivity index (χ2v) is 10.3. The summed E-state index contributed by atoms with van der Waals surface area (Å²) in [5.74, 6) is -0.370.